The molecule has 5 heteroatoms. The highest BCUT2D eigenvalue weighted by Gasteiger charge is 2.18. The summed E-state index contributed by atoms with van der Waals surface area (Å²) in [6.07, 6.45) is 4.42. The molecule has 0 saturated heterocycles. The van der Waals surface area contributed by atoms with Gasteiger partial charge in [-0.2, -0.15) is 0 Å². The fourth-order valence-corrected chi connectivity index (χ4v) is 4.68. The van der Waals surface area contributed by atoms with Gasteiger partial charge in [0.15, 0.2) is 0 Å². The molecular formula is C32H35NO4. The molecule has 4 aromatic rings. The van der Waals surface area contributed by atoms with Gasteiger partial charge in [0.05, 0.1) is 6.04 Å². The third-order valence-corrected chi connectivity index (χ3v) is 6.77. The van der Waals surface area contributed by atoms with E-state index in [2.05, 4.69) is 23.5 Å². The summed E-state index contributed by atoms with van der Waals surface area (Å²) in [5.41, 5.74) is 3.34. The molecule has 0 radical (unpaired) electrons. The number of rotatable bonds is 11. The molecule has 4 rings (SSSR count). The highest BCUT2D eigenvalue weighted by Crippen LogP contribution is 2.24. The fraction of sp³-hybridized carbons (Fsp3) is 0.281. The fourth-order valence-electron chi connectivity index (χ4n) is 4.68. The second kappa shape index (κ2) is 12.8. The topological polar surface area (TPSA) is 78.8 Å². The average Bonchev–Trinajstić information content (AvgIpc) is 2.91. The van der Waals surface area contributed by atoms with E-state index in [0.29, 0.717) is 6.42 Å². The quantitative estimate of drug-likeness (QED) is 0.188. The monoisotopic (exact) mass is 497 g/mol. The largest absolute Gasteiger partial charge is 0.508 e. The number of hydrogen-bond acceptors (Lipinski definition) is 4. The van der Waals surface area contributed by atoms with E-state index in [1.165, 1.54) is 5.56 Å². The van der Waals surface area contributed by atoms with Crippen LogP contribution in [0.25, 0.3) is 10.8 Å². The summed E-state index contributed by atoms with van der Waals surface area (Å²) in [6.45, 7) is 1.98. The van der Waals surface area contributed by atoms with Gasteiger partial charge in [0.25, 0.3) is 0 Å². The Bertz CT molecular complexity index is 1280. The minimum atomic E-state index is -0.408. The first kappa shape index (κ1) is 26.1. The van der Waals surface area contributed by atoms with Gasteiger partial charge in [-0.05, 0) is 97.2 Å². The van der Waals surface area contributed by atoms with Crippen LogP contribution in [0.3, 0.4) is 0 Å². The number of nitrogens with one attached hydrogen (secondary N) is 1. The Morgan fingerprint density at radius 1 is 0.757 bits per heavy atom. The number of benzene rings is 4. The summed E-state index contributed by atoms with van der Waals surface area (Å²) >= 11 is 0. The minimum absolute atomic E-state index is 0.189. The molecule has 0 saturated carbocycles. The van der Waals surface area contributed by atoms with E-state index in [9.17, 15) is 15.0 Å². The Balaban J connectivity index is 1.35. The van der Waals surface area contributed by atoms with E-state index in [0.717, 1.165) is 54.0 Å². The van der Waals surface area contributed by atoms with Crippen LogP contribution in [0.15, 0.2) is 91.0 Å². The second-order valence-electron chi connectivity index (χ2n) is 9.58. The van der Waals surface area contributed by atoms with E-state index >= 15 is 0 Å². The van der Waals surface area contributed by atoms with E-state index in [1.807, 2.05) is 55.5 Å². The van der Waals surface area contributed by atoms with Gasteiger partial charge in [-0.1, -0.05) is 66.7 Å². The molecule has 0 aliphatic rings. The standard InChI is InChI=1S/C32H35NO4/c1-23(30-12-6-9-26-8-3-5-11-31(26)30)33-32(36)37-29(22-17-25-15-20-28(35)21-16-25)10-4-2-7-24-13-18-27(34)19-14-24/h3,5-6,8-9,11-16,18-21,23,29,34-35H,2,4,7,10,17,22H2,1H3,(H,33,36)/t23-,29-/m1/s1. The summed E-state index contributed by atoms with van der Waals surface area (Å²) in [6, 6.07) is 28.6. The second-order valence-corrected chi connectivity index (χ2v) is 9.58. The number of carbonyl (C=O) groups excluding carboxylic acids is 1. The number of aromatic hydroxyl groups is 2. The lowest BCUT2D eigenvalue weighted by molar-refractivity contribution is 0.0838. The van der Waals surface area contributed by atoms with Crippen molar-refractivity contribution >= 4 is 16.9 Å². The van der Waals surface area contributed by atoms with Gasteiger partial charge >= 0.3 is 6.09 Å². The third kappa shape index (κ3) is 7.74. The first-order valence-electron chi connectivity index (χ1n) is 13.0. The Kier molecular flexibility index (Phi) is 9.03. The number of alkyl carbamates (subject to hydrolysis) is 1. The molecule has 0 unspecified atom stereocenters. The van der Waals surface area contributed by atoms with Crippen molar-refractivity contribution in [3.63, 3.8) is 0 Å². The predicted molar refractivity (Wildman–Crippen MR) is 148 cm³/mol. The van der Waals surface area contributed by atoms with Crippen molar-refractivity contribution in [2.24, 2.45) is 0 Å². The normalized spacial score (nSPS) is 12.7. The van der Waals surface area contributed by atoms with Gasteiger partial charge < -0.3 is 20.3 Å². The zero-order chi connectivity index (χ0) is 26.0. The summed E-state index contributed by atoms with van der Waals surface area (Å²) in [7, 11) is 0. The zero-order valence-electron chi connectivity index (χ0n) is 21.3. The van der Waals surface area contributed by atoms with Crippen LogP contribution in [0.4, 0.5) is 4.79 Å². The van der Waals surface area contributed by atoms with Crippen molar-refractivity contribution < 1.29 is 19.7 Å². The maximum atomic E-state index is 12.9. The highest BCUT2D eigenvalue weighted by atomic mass is 16.6. The van der Waals surface area contributed by atoms with Crippen molar-refractivity contribution in [3.8, 4) is 11.5 Å². The molecule has 0 aliphatic carbocycles. The van der Waals surface area contributed by atoms with Crippen LogP contribution < -0.4 is 5.32 Å². The molecule has 0 heterocycles. The molecule has 5 nitrogen and oxygen atoms in total. The molecule has 37 heavy (non-hydrogen) atoms. The van der Waals surface area contributed by atoms with Crippen LogP contribution in [0, 0.1) is 0 Å². The number of amides is 1. The lowest BCUT2D eigenvalue weighted by Gasteiger charge is -2.21. The highest BCUT2D eigenvalue weighted by molar-refractivity contribution is 5.86. The SMILES string of the molecule is C[C@@H](NC(=O)O[C@H](CCCCc1ccc(O)cc1)CCc1ccc(O)cc1)c1cccc2ccccc12. The Morgan fingerprint density at radius 3 is 2.08 bits per heavy atom. The Morgan fingerprint density at radius 2 is 1.38 bits per heavy atom. The van der Waals surface area contributed by atoms with Crippen molar-refractivity contribution in [2.45, 2.75) is 57.6 Å². The summed E-state index contributed by atoms with van der Waals surface area (Å²) in [4.78, 5) is 12.9. The van der Waals surface area contributed by atoms with Crippen LogP contribution in [0.2, 0.25) is 0 Å². The molecule has 2 atom stereocenters. The number of aryl methyl sites for hydroxylation is 2. The molecule has 0 spiro atoms. The zero-order valence-corrected chi connectivity index (χ0v) is 21.3. The molecule has 4 aromatic carbocycles. The van der Waals surface area contributed by atoms with E-state index in [4.69, 9.17) is 4.74 Å². The van der Waals surface area contributed by atoms with Crippen LogP contribution in [-0.2, 0) is 17.6 Å². The molecule has 3 N–H and O–H groups in total. The van der Waals surface area contributed by atoms with Gasteiger partial charge in [0, 0.05) is 0 Å². The number of hydrogen-bond donors (Lipinski definition) is 3. The molecule has 0 fully saturated rings. The van der Waals surface area contributed by atoms with Gasteiger partial charge in [0.2, 0.25) is 0 Å². The van der Waals surface area contributed by atoms with Gasteiger partial charge in [-0.15, -0.1) is 0 Å². The van der Waals surface area contributed by atoms with E-state index in [1.54, 1.807) is 24.3 Å². The number of ether oxygens (including phenoxy) is 1. The van der Waals surface area contributed by atoms with Gasteiger partial charge in [0.1, 0.15) is 17.6 Å². The number of fused-ring (bicyclic) bond motifs is 1. The number of phenolic OH excluding ortho intramolecular Hbond substituents is 2. The summed E-state index contributed by atoms with van der Waals surface area (Å²) in [5, 5.41) is 24.3. The Labute approximate surface area is 218 Å². The lowest BCUT2D eigenvalue weighted by atomic mass is 10.00. The van der Waals surface area contributed by atoms with Crippen LogP contribution in [0.5, 0.6) is 11.5 Å². The number of unbranched alkanes of at least 4 members (excludes halogenated alkanes) is 1. The van der Waals surface area contributed by atoms with Crippen molar-refractivity contribution in [1.82, 2.24) is 5.32 Å². The minimum Gasteiger partial charge on any atom is -0.508 e. The summed E-state index contributed by atoms with van der Waals surface area (Å²) in [5.74, 6) is 0.516. The van der Waals surface area contributed by atoms with Gasteiger partial charge in [-0.3, -0.25) is 0 Å². The Hall–Kier alpha value is -3.99. The van der Waals surface area contributed by atoms with E-state index < -0.39 is 6.09 Å². The lowest BCUT2D eigenvalue weighted by Crippen LogP contribution is -2.31. The van der Waals surface area contributed by atoms with Crippen molar-refractivity contribution in [3.05, 3.63) is 108 Å². The number of carbonyl (C=O) groups is 1. The maximum Gasteiger partial charge on any atom is 0.407 e. The van der Waals surface area contributed by atoms with Crippen LogP contribution >= 0.6 is 0 Å². The molecule has 192 valence electrons. The predicted octanol–water partition coefficient (Wildman–Crippen LogP) is 7.45. The third-order valence-electron chi connectivity index (χ3n) is 6.77. The average molecular weight is 498 g/mol. The first-order chi connectivity index (χ1) is 18.0. The van der Waals surface area contributed by atoms with E-state index in [-0.39, 0.29) is 23.6 Å². The van der Waals surface area contributed by atoms with Crippen LogP contribution in [0.1, 0.15) is 55.3 Å². The van der Waals surface area contributed by atoms with Crippen molar-refractivity contribution in [1.29, 1.82) is 0 Å². The van der Waals surface area contributed by atoms with Crippen molar-refractivity contribution in [2.75, 3.05) is 0 Å². The summed E-state index contributed by atoms with van der Waals surface area (Å²) < 4.78 is 5.94. The smallest absolute Gasteiger partial charge is 0.407 e. The van der Waals surface area contributed by atoms with Gasteiger partial charge in [-0.25, -0.2) is 4.79 Å². The molecule has 0 bridgehead atoms. The molecule has 1 amide bonds. The molecule has 0 aliphatic heterocycles. The molecule has 0 aromatic heterocycles. The first-order valence-corrected chi connectivity index (χ1v) is 13.0. The van der Waals surface area contributed by atoms with Crippen LogP contribution in [-0.4, -0.2) is 22.4 Å². The maximum absolute atomic E-state index is 12.9. The molecular weight excluding hydrogens is 462 g/mol. The number of phenols is 2.